The van der Waals surface area contributed by atoms with Crippen LogP contribution < -0.4 is 5.32 Å². The molecular weight excluding hydrogens is 348 g/mol. The number of benzene rings is 1. The number of carbonyl (C=O) groups is 1. The van der Waals surface area contributed by atoms with Crippen LogP contribution in [0.3, 0.4) is 0 Å². The van der Waals surface area contributed by atoms with Crippen LogP contribution in [-0.4, -0.2) is 38.3 Å². The second-order valence-electron chi connectivity index (χ2n) is 7.66. The van der Waals surface area contributed by atoms with Crippen molar-refractivity contribution < 1.29 is 13.2 Å². The van der Waals surface area contributed by atoms with Crippen molar-refractivity contribution in [1.29, 1.82) is 0 Å². The largest absolute Gasteiger partial charge is 0.356 e. The van der Waals surface area contributed by atoms with Gasteiger partial charge in [0.05, 0.1) is 5.75 Å². The lowest BCUT2D eigenvalue weighted by atomic mass is 9.89. The van der Waals surface area contributed by atoms with E-state index < -0.39 is 10.0 Å². The molecular formula is C20H30N2O3S. The van der Waals surface area contributed by atoms with Crippen LogP contribution >= 0.6 is 0 Å². The molecule has 2 fully saturated rings. The lowest BCUT2D eigenvalue weighted by Crippen LogP contribution is -2.44. The van der Waals surface area contributed by atoms with Crippen molar-refractivity contribution in [2.75, 3.05) is 19.6 Å². The van der Waals surface area contributed by atoms with E-state index in [0.29, 0.717) is 31.8 Å². The quantitative estimate of drug-likeness (QED) is 0.828. The zero-order chi connectivity index (χ0) is 18.4. The molecule has 144 valence electrons. The number of sulfonamides is 1. The molecule has 0 radical (unpaired) electrons. The molecule has 1 aliphatic heterocycles. The normalized spacial score (nSPS) is 20.8. The van der Waals surface area contributed by atoms with Crippen molar-refractivity contribution >= 4 is 15.9 Å². The molecule has 1 heterocycles. The highest BCUT2D eigenvalue weighted by molar-refractivity contribution is 7.88. The highest BCUT2D eigenvalue weighted by atomic mass is 32.2. The second kappa shape index (κ2) is 9.00. The van der Waals surface area contributed by atoms with Gasteiger partial charge in [0.1, 0.15) is 0 Å². The molecule has 26 heavy (non-hydrogen) atoms. The summed E-state index contributed by atoms with van der Waals surface area (Å²) in [6, 6.07) is 9.26. The van der Waals surface area contributed by atoms with Gasteiger partial charge in [-0.25, -0.2) is 12.7 Å². The molecule has 2 aliphatic rings. The lowest BCUT2D eigenvalue weighted by Gasteiger charge is -2.31. The van der Waals surface area contributed by atoms with E-state index in [1.165, 1.54) is 32.1 Å². The van der Waals surface area contributed by atoms with Gasteiger partial charge < -0.3 is 5.32 Å². The minimum atomic E-state index is -3.31. The van der Waals surface area contributed by atoms with E-state index in [4.69, 9.17) is 0 Å². The van der Waals surface area contributed by atoms with E-state index in [1.54, 1.807) is 4.31 Å². The highest BCUT2D eigenvalue weighted by Gasteiger charge is 2.31. The number of rotatable bonds is 6. The molecule has 1 saturated heterocycles. The minimum Gasteiger partial charge on any atom is -0.356 e. The smallest absolute Gasteiger partial charge is 0.223 e. The molecule has 0 bridgehead atoms. The first-order valence-electron chi connectivity index (χ1n) is 9.84. The van der Waals surface area contributed by atoms with Gasteiger partial charge in [0.15, 0.2) is 0 Å². The molecule has 1 aromatic rings. The Bertz CT molecular complexity index is 676. The van der Waals surface area contributed by atoms with Gasteiger partial charge in [0.2, 0.25) is 15.9 Å². The van der Waals surface area contributed by atoms with Gasteiger partial charge in [-0.1, -0.05) is 49.6 Å². The minimum absolute atomic E-state index is 0.0341. The summed E-state index contributed by atoms with van der Waals surface area (Å²) >= 11 is 0. The Morgan fingerprint density at radius 1 is 1.00 bits per heavy atom. The van der Waals surface area contributed by atoms with Gasteiger partial charge in [0.25, 0.3) is 0 Å². The number of hydrogen-bond acceptors (Lipinski definition) is 3. The van der Waals surface area contributed by atoms with Crippen LogP contribution in [0.5, 0.6) is 0 Å². The van der Waals surface area contributed by atoms with Crippen LogP contribution in [0, 0.1) is 11.8 Å². The van der Waals surface area contributed by atoms with Gasteiger partial charge in [-0.05, 0) is 37.2 Å². The maximum Gasteiger partial charge on any atom is 0.223 e. The van der Waals surface area contributed by atoms with E-state index in [9.17, 15) is 13.2 Å². The number of amides is 1. The first kappa shape index (κ1) is 19.4. The van der Waals surface area contributed by atoms with Crippen LogP contribution in [0.1, 0.15) is 50.5 Å². The Morgan fingerprint density at radius 2 is 1.65 bits per heavy atom. The zero-order valence-electron chi connectivity index (χ0n) is 15.4. The fourth-order valence-corrected chi connectivity index (χ4v) is 5.62. The summed E-state index contributed by atoms with van der Waals surface area (Å²) in [5.74, 6) is 0.711. The van der Waals surface area contributed by atoms with Gasteiger partial charge in [-0.15, -0.1) is 0 Å². The van der Waals surface area contributed by atoms with Gasteiger partial charge in [0, 0.05) is 25.6 Å². The molecule has 6 heteroatoms. The number of hydrogen-bond donors (Lipinski definition) is 1. The molecule has 1 aromatic carbocycles. The summed E-state index contributed by atoms with van der Waals surface area (Å²) in [5, 5.41) is 3.11. The van der Waals surface area contributed by atoms with E-state index in [-0.39, 0.29) is 17.6 Å². The van der Waals surface area contributed by atoms with E-state index >= 15 is 0 Å². The summed E-state index contributed by atoms with van der Waals surface area (Å²) in [4.78, 5) is 12.4. The summed E-state index contributed by atoms with van der Waals surface area (Å²) in [6.07, 6.45) is 7.54. The topological polar surface area (TPSA) is 66.5 Å². The zero-order valence-corrected chi connectivity index (χ0v) is 16.2. The van der Waals surface area contributed by atoms with Crippen molar-refractivity contribution in [3.8, 4) is 0 Å². The van der Waals surface area contributed by atoms with Crippen LogP contribution in [0.2, 0.25) is 0 Å². The SMILES string of the molecule is O=C(NCC1CCCCC1)C1CCN(S(=O)(=O)Cc2ccccc2)CC1. The van der Waals surface area contributed by atoms with Gasteiger partial charge >= 0.3 is 0 Å². The third-order valence-electron chi connectivity index (χ3n) is 5.70. The third kappa shape index (κ3) is 5.30. The van der Waals surface area contributed by atoms with Crippen LogP contribution in [0.4, 0.5) is 0 Å². The number of nitrogens with one attached hydrogen (secondary N) is 1. The Kier molecular flexibility index (Phi) is 6.70. The van der Waals surface area contributed by atoms with Crippen molar-refractivity contribution in [3.63, 3.8) is 0 Å². The molecule has 1 saturated carbocycles. The second-order valence-corrected chi connectivity index (χ2v) is 9.63. The standard InChI is InChI=1S/C20H30N2O3S/c23-20(21-15-17-7-3-1-4-8-17)19-11-13-22(14-12-19)26(24,25)16-18-9-5-2-6-10-18/h2,5-6,9-10,17,19H,1,3-4,7-8,11-16H2,(H,21,23). The predicted octanol–water partition coefficient (Wildman–Crippen LogP) is 2.92. The van der Waals surface area contributed by atoms with Crippen molar-refractivity contribution in [2.45, 2.75) is 50.7 Å². The monoisotopic (exact) mass is 378 g/mol. The molecule has 0 atom stereocenters. The molecule has 0 unspecified atom stereocenters. The average molecular weight is 379 g/mol. The van der Waals surface area contributed by atoms with Crippen LogP contribution in [0.25, 0.3) is 0 Å². The Labute approximate surface area is 157 Å². The first-order chi connectivity index (χ1) is 12.5. The predicted molar refractivity (Wildman–Crippen MR) is 103 cm³/mol. The fraction of sp³-hybridized carbons (Fsp3) is 0.650. The Morgan fingerprint density at radius 3 is 2.31 bits per heavy atom. The number of carbonyl (C=O) groups excluding carboxylic acids is 1. The summed E-state index contributed by atoms with van der Waals surface area (Å²) in [5.41, 5.74) is 0.805. The van der Waals surface area contributed by atoms with Gasteiger partial charge in [-0.2, -0.15) is 0 Å². The molecule has 5 nitrogen and oxygen atoms in total. The number of piperidine rings is 1. The van der Waals surface area contributed by atoms with Crippen LogP contribution in [0.15, 0.2) is 30.3 Å². The van der Waals surface area contributed by atoms with Crippen molar-refractivity contribution in [1.82, 2.24) is 9.62 Å². The molecule has 1 aliphatic carbocycles. The summed E-state index contributed by atoms with van der Waals surface area (Å²) in [7, 11) is -3.31. The fourth-order valence-electron chi connectivity index (χ4n) is 4.05. The molecule has 1 N–H and O–H groups in total. The maximum absolute atomic E-state index is 12.6. The van der Waals surface area contributed by atoms with Crippen molar-refractivity contribution in [3.05, 3.63) is 35.9 Å². The third-order valence-corrected chi connectivity index (χ3v) is 7.55. The van der Waals surface area contributed by atoms with E-state index in [0.717, 1.165) is 12.1 Å². The van der Waals surface area contributed by atoms with Crippen molar-refractivity contribution in [2.24, 2.45) is 11.8 Å². The lowest BCUT2D eigenvalue weighted by molar-refractivity contribution is -0.126. The maximum atomic E-state index is 12.6. The summed E-state index contributed by atoms with van der Waals surface area (Å²) < 4.78 is 26.7. The van der Waals surface area contributed by atoms with E-state index in [1.807, 2.05) is 30.3 Å². The number of nitrogens with zero attached hydrogens (tertiary/aromatic N) is 1. The van der Waals surface area contributed by atoms with E-state index in [2.05, 4.69) is 5.32 Å². The van der Waals surface area contributed by atoms with Crippen LogP contribution in [-0.2, 0) is 20.6 Å². The average Bonchev–Trinajstić information content (AvgIpc) is 2.67. The van der Waals surface area contributed by atoms with Gasteiger partial charge in [-0.3, -0.25) is 4.79 Å². The highest BCUT2D eigenvalue weighted by Crippen LogP contribution is 2.24. The molecule has 1 amide bonds. The first-order valence-corrected chi connectivity index (χ1v) is 11.4. The molecule has 0 aromatic heterocycles. The molecule has 3 rings (SSSR count). The summed E-state index contributed by atoms with van der Waals surface area (Å²) in [6.45, 7) is 1.67. The Hall–Kier alpha value is -1.40. The Balaban J connectivity index is 1.45. The molecule has 0 spiro atoms.